The van der Waals surface area contributed by atoms with Crippen molar-refractivity contribution >= 4 is 15.7 Å². The van der Waals surface area contributed by atoms with E-state index in [2.05, 4.69) is 16.4 Å². The van der Waals surface area contributed by atoms with Gasteiger partial charge in [-0.3, -0.25) is 4.55 Å². The molecule has 34 heavy (non-hydrogen) atoms. The van der Waals surface area contributed by atoms with Crippen molar-refractivity contribution in [3.8, 4) is 11.9 Å². The van der Waals surface area contributed by atoms with E-state index in [-0.39, 0.29) is 11.5 Å². The van der Waals surface area contributed by atoms with Crippen LogP contribution >= 0.6 is 0 Å². The highest BCUT2D eigenvalue weighted by molar-refractivity contribution is 7.85. The molecule has 4 rings (SSSR count). The number of benzene rings is 2. The minimum atomic E-state index is -4.02. The van der Waals surface area contributed by atoms with Gasteiger partial charge in [0.1, 0.15) is 12.4 Å². The first-order valence-electron chi connectivity index (χ1n) is 10.5. The Bertz CT molecular complexity index is 1320. The van der Waals surface area contributed by atoms with Gasteiger partial charge in [-0.15, -0.1) is 0 Å². The fraction of sp³-hybridized carbons (Fsp3) is 0.200. The van der Waals surface area contributed by atoms with Gasteiger partial charge in [-0.25, -0.2) is 9.37 Å². The van der Waals surface area contributed by atoms with E-state index in [0.29, 0.717) is 17.0 Å². The van der Waals surface area contributed by atoms with E-state index < -0.39 is 15.9 Å². The number of aromatic nitrogens is 1. The molecule has 0 amide bonds. The van der Waals surface area contributed by atoms with Gasteiger partial charge in [0, 0.05) is 18.2 Å². The summed E-state index contributed by atoms with van der Waals surface area (Å²) in [5.74, 6) is 0.0203. The molecular formula is C25H24FN3O4S. The van der Waals surface area contributed by atoms with Crippen LogP contribution in [0.5, 0.6) is 5.88 Å². The van der Waals surface area contributed by atoms with Gasteiger partial charge in [-0.2, -0.15) is 13.7 Å². The first-order chi connectivity index (χ1) is 16.3. The van der Waals surface area contributed by atoms with Crippen LogP contribution in [-0.4, -0.2) is 31.0 Å². The van der Waals surface area contributed by atoms with Gasteiger partial charge < -0.3 is 10.1 Å². The van der Waals surface area contributed by atoms with E-state index >= 15 is 0 Å². The largest absolute Gasteiger partial charge is 0.473 e. The van der Waals surface area contributed by atoms with Crippen molar-refractivity contribution in [1.29, 1.82) is 5.26 Å². The third kappa shape index (κ3) is 7.22. The van der Waals surface area contributed by atoms with Gasteiger partial charge in [-0.05, 0) is 55.8 Å². The summed E-state index contributed by atoms with van der Waals surface area (Å²) < 4.78 is 49.0. The van der Waals surface area contributed by atoms with E-state index in [0.717, 1.165) is 30.8 Å². The van der Waals surface area contributed by atoms with Crippen LogP contribution in [0.2, 0.25) is 0 Å². The summed E-state index contributed by atoms with van der Waals surface area (Å²) in [6, 6.07) is 17.8. The molecule has 0 radical (unpaired) electrons. The summed E-state index contributed by atoms with van der Waals surface area (Å²) in [5.41, 5.74) is 3.74. The average Bonchev–Trinajstić information content (AvgIpc) is 2.84. The molecule has 2 heterocycles. The maximum absolute atomic E-state index is 13.8. The zero-order valence-electron chi connectivity index (χ0n) is 18.5. The second kappa shape index (κ2) is 11.5. The fourth-order valence-corrected chi connectivity index (χ4v) is 3.61. The lowest BCUT2D eigenvalue weighted by Crippen LogP contribution is -2.20. The standard InChI is InChI=1S/C18H16FN3O.C7H8O3S/c19-16-10-13(11-20)4-5-15(16)12-23-18-3-1-2-17(22-18)14-6-8-21-9-7-14;1-6-2-4-7(5-3-6)11(8,9)10/h1-6,10,21H,7-9,12H2;2-5H,1H3,(H,8,9,10). The summed E-state index contributed by atoms with van der Waals surface area (Å²) in [4.78, 5) is 4.42. The molecule has 9 heteroatoms. The summed E-state index contributed by atoms with van der Waals surface area (Å²) in [5, 5.41) is 12.0. The van der Waals surface area contributed by atoms with Gasteiger partial charge in [0.05, 0.1) is 22.2 Å². The molecule has 0 unspecified atom stereocenters. The number of aryl methyl sites for hydroxylation is 1. The Morgan fingerprint density at radius 2 is 1.94 bits per heavy atom. The Labute approximate surface area is 198 Å². The normalized spacial score (nSPS) is 13.2. The lowest BCUT2D eigenvalue weighted by Gasteiger charge is -2.14. The Balaban J connectivity index is 0.000000248. The highest BCUT2D eigenvalue weighted by Gasteiger charge is 2.10. The molecule has 0 saturated carbocycles. The van der Waals surface area contributed by atoms with Crippen molar-refractivity contribution in [3.05, 3.63) is 94.9 Å². The zero-order valence-corrected chi connectivity index (χ0v) is 19.3. The predicted molar refractivity (Wildman–Crippen MR) is 126 cm³/mol. The average molecular weight is 482 g/mol. The number of halogens is 1. The molecule has 7 nitrogen and oxygen atoms in total. The molecule has 1 aliphatic heterocycles. The van der Waals surface area contributed by atoms with Gasteiger partial charge in [0.15, 0.2) is 0 Å². The molecule has 2 N–H and O–H groups in total. The van der Waals surface area contributed by atoms with Crippen molar-refractivity contribution < 1.29 is 22.1 Å². The van der Waals surface area contributed by atoms with E-state index in [4.69, 9.17) is 14.6 Å². The minimum absolute atomic E-state index is 0.0666. The van der Waals surface area contributed by atoms with Gasteiger partial charge in [0.2, 0.25) is 5.88 Å². The van der Waals surface area contributed by atoms with Crippen molar-refractivity contribution in [2.45, 2.75) is 24.8 Å². The smallest absolute Gasteiger partial charge is 0.294 e. The van der Waals surface area contributed by atoms with Crippen LogP contribution in [0, 0.1) is 24.1 Å². The topological polar surface area (TPSA) is 112 Å². The molecule has 0 atom stereocenters. The molecule has 1 aliphatic rings. The van der Waals surface area contributed by atoms with Gasteiger partial charge >= 0.3 is 0 Å². The predicted octanol–water partition coefficient (Wildman–Crippen LogP) is 4.29. The number of ether oxygens (including phenoxy) is 1. The van der Waals surface area contributed by atoms with Gasteiger partial charge in [0.25, 0.3) is 10.1 Å². The third-order valence-electron chi connectivity index (χ3n) is 4.99. The molecule has 0 spiro atoms. The van der Waals surface area contributed by atoms with Crippen LogP contribution in [0.4, 0.5) is 4.39 Å². The summed E-state index contributed by atoms with van der Waals surface area (Å²) in [7, 11) is -4.02. The fourth-order valence-electron chi connectivity index (χ4n) is 3.13. The van der Waals surface area contributed by atoms with E-state index in [1.54, 1.807) is 30.3 Å². The number of hydrogen-bond donors (Lipinski definition) is 2. The number of pyridine rings is 1. The first-order valence-corrected chi connectivity index (χ1v) is 11.9. The number of rotatable bonds is 5. The molecule has 0 fully saturated rings. The molecule has 1 aromatic heterocycles. The molecule has 2 aromatic carbocycles. The first kappa shape index (κ1) is 25.1. The second-order valence-corrected chi connectivity index (χ2v) is 8.96. The van der Waals surface area contributed by atoms with Crippen molar-refractivity contribution in [2.24, 2.45) is 0 Å². The summed E-state index contributed by atoms with van der Waals surface area (Å²) in [6.45, 7) is 3.70. The van der Waals surface area contributed by atoms with Crippen LogP contribution in [-0.2, 0) is 16.7 Å². The minimum Gasteiger partial charge on any atom is -0.473 e. The quantitative estimate of drug-likeness (QED) is 0.523. The Morgan fingerprint density at radius 1 is 1.18 bits per heavy atom. The molecule has 0 bridgehead atoms. The Morgan fingerprint density at radius 3 is 2.56 bits per heavy atom. The number of nitriles is 1. The van der Waals surface area contributed by atoms with Crippen molar-refractivity contribution in [3.63, 3.8) is 0 Å². The number of hydrogen-bond acceptors (Lipinski definition) is 6. The maximum Gasteiger partial charge on any atom is 0.294 e. The second-order valence-electron chi connectivity index (χ2n) is 7.54. The van der Waals surface area contributed by atoms with Crippen LogP contribution in [0.25, 0.3) is 5.57 Å². The highest BCUT2D eigenvalue weighted by atomic mass is 32.2. The Hall–Kier alpha value is -3.58. The van der Waals surface area contributed by atoms with Crippen molar-refractivity contribution in [1.82, 2.24) is 10.3 Å². The molecule has 0 saturated heterocycles. The van der Waals surface area contributed by atoms with Crippen LogP contribution in [0.15, 0.2) is 71.6 Å². The number of nitrogens with zero attached hydrogens (tertiary/aromatic N) is 2. The van der Waals surface area contributed by atoms with Crippen molar-refractivity contribution in [2.75, 3.05) is 13.1 Å². The molecule has 176 valence electrons. The maximum atomic E-state index is 13.8. The third-order valence-corrected chi connectivity index (χ3v) is 5.86. The summed E-state index contributed by atoms with van der Waals surface area (Å²) >= 11 is 0. The zero-order chi connectivity index (χ0) is 24.6. The van der Waals surface area contributed by atoms with Crippen LogP contribution in [0.3, 0.4) is 0 Å². The lowest BCUT2D eigenvalue weighted by atomic mass is 10.1. The molecule has 3 aromatic rings. The lowest BCUT2D eigenvalue weighted by molar-refractivity contribution is 0.288. The summed E-state index contributed by atoms with van der Waals surface area (Å²) in [6.07, 6.45) is 3.05. The van der Waals surface area contributed by atoms with Gasteiger partial charge in [-0.1, -0.05) is 35.9 Å². The highest BCUT2D eigenvalue weighted by Crippen LogP contribution is 2.21. The molecular weight excluding hydrogens is 457 g/mol. The van der Waals surface area contributed by atoms with Crippen LogP contribution < -0.4 is 10.1 Å². The monoisotopic (exact) mass is 481 g/mol. The van der Waals surface area contributed by atoms with E-state index in [1.165, 1.54) is 23.8 Å². The van der Waals surface area contributed by atoms with E-state index in [1.807, 2.05) is 25.1 Å². The SMILES string of the molecule is Cc1ccc(S(=O)(=O)O)cc1.N#Cc1ccc(COc2cccc(C3=CCNCC3)n2)c(F)c1. The molecule has 0 aliphatic carbocycles. The van der Waals surface area contributed by atoms with E-state index in [9.17, 15) is 12.8 Å². The number of nitrogens with one attached hydrogen (secondary N) is 1. The van der Waals surface area contributed by atoms with Crippen LogP contribution in [0.1, 0.15) is 28.8 Å². The Kier molecular flexibility index (Phi) is 8.49.